The number of amidine groups is 1. The third kappa shape index (κ3) is 3.01. The standard InChI is InChI=1S/C19H18N2O3/c1-12-10-13(8-9-16(12)23-2)11-15-19(22)21-18(20-15)14-6-4-5-7-17(14)24-3/h4-11H,1-3H3,(H,20,21,22)/b15-11+. The molecule has 3 rings (SSSR count). The number of nitrogens with one attached hydrogen (secondary N) is 1. The molecule has 0 saturated carbocycles. The van der Waals surface area contributed by atoms with E-state index in [0.29, 0.717) is 17.3 Å². The van der Waals surface area contributed by atoms with E-state index in [0.717, 1.165) is 22.4 Å². The smallest absolute Gasteiger partial charge is 0.275 e. The lowest BCUT2D eigenvalue weighted by atomic mass is 10.1. The molecule has 0 radical (unpaired) electrons. The van der Waals surface area contributed by atoms with Crippen LogP contribution in [-0.4, -0.2) is 26.0 Å². The molecule has 0 bridgehead atoms. The van der Waals surface area contributed by atoms with Crippen LogP contribution < -0.4 is 14.8 Å². The fraction of sp³-hybridized carbons (Fsp3) is 0.158. The third-order valence-electron chi connectivity index (χ3n) is 3.78. The Kier molecular flexibility index (Phi) is 4.33. The largest absolute Gasteiger partial charge is 0.496 e. The molecule has 24 heavy (non-hydrogen) atoms. The van der Waals surface area contributed by atoms with E-state index in [1.165, 1.54) is 0 Å². The highest BCUT2D eigenvalue weighted by molar-refractivity contribution is 6.20. The van der Waals surface area contributed by atoms with Crippen molar-refractivity contribution in [3.63, 3.8) is 0 Å². The Morgan fingerprint density at radius 3 is 2.50 bits per heavy atom. The van der Waals surface area contributed by atoms with Gasteiger partial charge in [0.05, 0.1) is 19.8 Å². The Balaban J connectivity index is 1.96. The maximum Gasteiger partial charge on any atom is 0.275 e. The Bertz CT molecular complexity index is 853. The molecule has 0 aliphatic carbocycles. The molecule has 0 spiro atoms. The van der Waals surface area contributed by atoms with Gasteiger partial charge in [-0.1, -0.05) is 18.2 Å². The average Bonchev–Trinajstić information content (AvgIpc) is 2.95. The van der Waals surface area contributed by atoms with Crippen molar-refractivity contribution in [2.45, 2.75) is 6.92 Å². The van der Waals surface area contributed by atoms with Gasteiger partial charge in [-0.3, -0.25) is 4.79 Å². The van der Waals surface area contributed by atoms with Gasteiger partial charge in [-0.25, -0.2) is 4.99 Å². The molecule has 0 saturated heterocycles. The van der Waals surface area contributed by atoms with Gasteiger partial charge in [0, 0.05) is 0 Å². The minimum absolute atomic E-state index is 0.232. The van der Waals surface area contributed by atoms with Crippen LogP contribution in [0, 0.1) is 6.92 Å². The molecule has 1 N–H and O–H groups in total. The molecule has 5 heteroatoms. The van der Waals surface area contributed by atoms with Crippen molar-refractivity contribution in [3.8, 4) is 11.5 Å². The molecular weight excluding hydrogens is 304 g/mol. The molecule has 5 nitrogen and oxygen atoms in total. The normalized spacial score (nSPS) is 15.2. The molecule has 0 unspecified atom stereocenters. The van der Waals surface area contributed by atoms with Crippen molar-refractivity contribution in [2.24, 2.45) is 4.99 Å². The number of rotatable bonds is 4. The van der Waals surface area contributed by atoms with Crippen LogP contribution in [0.5, 0.6) is 11.5 Å². The van der Waals surface area contributed by atoms with Crippen molar-refractivity contribution in [2.75, 3.05) is 14.2 Å². The number of nitrogens with zero attached hydrogens (tertiary/aromatic N) is 1. The lowest BCUT2D eigenvalue weighted by molar-refractivity contribution is -0.115. The summed E-state index contributed by atoms with van der Waals surface area (Å²) < 4.78 is 10.6. The Hall–Kier alpha value is -3.08. The Morgan fingerprint density at radius 1 is 1.04 bits per heavy atom. The number of hydrogen-bond acceptors (Lipinski definition) is 4. The Morgan fingerprint density at radius 2 is 1.79 bits per heavy atom. The number of aliphatic imine (C=N–C) groups is 1. The van der Waals surface area contributed by atoms with Crippen molar-refractivity contribution >= 4 is 17.8 Å². The number of aryl methyl sites for hydroxylation is 1. The summed E-state index contributed by atoms with van der Waals surface area (Å²) in [5.41, 5.74) is 3.01. The lowest BCUT2D eigenvalue weighted by Crippen LogP contribution is -2.25. The lowest BCUT2D eigenvalue weighted by Gasteiger charge is -2.06. The summed E-state index contributed by atoms with van der Waals surface area (Å²) in [5, 5.41) is 2.79. The van der Waals surface area contributed by atoms with Crippen LogP contribution in [0.25, 0.3) is 6.08 Å². The number of carbonyl (C=O) groups excluding carboxylic acids is 1. The minimum Gasteiger partial charge on any atom is -0.496 e. The monoisotopic (exact) mass is 322 g/mol. The predicted molar refractivity (Wildman–Crippen MR) is 93.4 cm³/mol. The molecule has 1 aliphatic heterocycles. The number of hydrogen-bond donors (Lipinski definition) is 1. The molecule has 2 aromatic rings. The minimum atomic E-state index is -0.232. The second-order valence-electron chi connectivity index (χ2n) is 5.37. The Labute approximate surface area is 140 Å². The summed E-state index contributed by atoms with van der Waals surface area (Å²) in [5.74, 6) is 1.74. The predicted octanol–water partition coefficient (Wildman–Crippen LogP) is 2.93. The number of benzene rings is 2. The summed E-state index contributed by atoms with van der Waals surface area (Å²) in [6.07, 6.45) is 1.75. The van der Waals surface area contributed by atoms with Gasteiger partial charge in [0.1, 0.15) is 23.0 Å². The summed E-state index contributed by atoms with van der Waals surface area (Å²) in [4.78, 5) is 16.6. The maximum atomic E-state index is 12.2. The van der Waals surface area contributed by atoms with E-state index in [2.05, 4.69) is 10.3 Å². The van der Waals surface area contributed by atoms with Crippen LogP contribution in [0.3, 0.4) is 0 Å². The molecule has 0 atom stereocenters. The van der Waals surface area contributed by atoms with E-state index in [4.69, 9.17) is 9.47 Å². The average molecular weight is 322 g/mol. The fourth-order valence-electron chi connectivity index (χ4n) is 2.59. The van der Waals surface area contributed by atoms with Crippen LogP contribution in [0.15, 0.2) is 53.2 Å². The third-order valence-corrected chi connectivity index (χ3v) is 3.78. The maximum absolute atomic E-state index is 12.2. The summed E-state index contributed by atoms with van der Waals surface area (Å²) in [7, 11) is 3.22. The quantitative estimate of drug-likeness (QED) is 0.881. The van der Waals surface area contributed by atoms with Crippen molar-refractivity contribution in [1.82, 2.24) is 5.32 Å². The van der Waals surface area contributed by atoms with Crippen molar-refractivity contribution in [1.29, 1.82) is 0 Å². The molecule has 1 heterocycles. The van der Waals surface area contributed by atoms with Crippen LogP contribution in [0.2, 0.25) is 0 Å². The van der Waals surface area contributed by atoms with Gasteiger partial charge < -0.3 is 14.8 Å². The second-order valence-corrected chi connectivity index (χ2v) is 5.37. The zero-order valence-electron chi connectivity index (χ0n) is 13.8. The highest BCUT2D eigenvalue weighted by atomic mass is 16.5. The number of methoxy groups -OCH3 is 2. The van der Waals surface area contributed by atoms with Crippen molar-refractivity contribution < 1.29 is 14.3 Å². The number of carbonyl (C=O) groups is 1. The summed E-state index contributed by atoms with van der Waals surface area (Å²) in [6.45, 7) is 1.96. The molecule has 0 aromatic heterocycles. The highest BCUT2D eigenvalue weighted by Crippen LogP contribution is 2.23. The summed E-state index contributed by atoms with van der Waals surface area (Å²) >= 11 is 0. The van der Waals surface area contributed by atoms with Gasteiger partial charge in [-0.15, -0.1) is 0 Å². The first kappa shape index (κ1) is 15.8. The number of ether oxygens (including phenoxy) is 2. The van der Waals surface area contributed by atoms with Gasteiger partial charge in [-0.2, -0.15) is 0 Å². The van der Waals surface area contributed by atoms with Crippen LogP contribution >= 0.6 is 0 Å². The van der Waals surface area contributed by atoms with E-state index >= 15 is 0 Å². The first-order valence-electron chi connectivity index (χ1n) is 7.52. The molecule has 1 amide bonds. The van der Waals surface area contributed by atoms with E-state index < -0.39 is 0 Å². The molecule has 1 aliphatic rings. The van der Waals surface area contributed by atoms with Gasteiger partial charge in [0.25, 0.3) is 5.91 Å². The SMILES string of the molecule is COc1ccc(/C=C2/N=C(c3ccccc3OC)NC2=O)cc1C. The van der Waals surface area contributed by atoms with Crippen LogP contribution in [0.4, 0.5) is 0 Å². The molecule has 2 aromatic carbocycles. The van der Waals surface area contributed by atoms with Gasteiger partial charge in [-0.05, 0) is 48.4 Å². The summed E-state index contributed by atoms with van der Waals surface area (Å²) in [6, 6.07) is 13.2. The zero-order chi connectivity index (χ0) is 17.1. The molecular formula is C19H18N2O3. The van der Waals surface area contributed by atoms with Crippen LogP contribution in [0.1, 0.15) is 16.7 Å². The highest BCUT2D eigenvalue weighted by Gasteiger charge is 2.23. The fourth-order valence-corrected chi connectivity index (χ4v) is 2.59. The first-order chi connectivity index (χ1) is 11.6. The number of amides is 1. The first-order valence-corrected chi connectivity index (χ1v) is 7.52. The van der Waals surface area contributed by atoms with Crippen molar-refractivity contribution in [3.05, 3.63) is 64.9 Å². The van der Waals surface area contributed by atoms with E-state index in [1.54, 1.807) is 20.3 Å². The topological polar surface area (TPSA) is 59.9 Å². The zero-order valence-corrected chi connectivity index (χ0v) is 13.8. The van der Waals surface area contributed by atoms with Gasteiger partial charge in [0.2, 0.25) is 0 Å². The van der Waals surface area contributed by atoms with E-state index in [-0.39, 0.29) is 5.91 Å². The van der Waals surface area contributed by atoms with Gasteiger partial charge >= 0.3 is 0 Å². The van der Waals surface area contributed by atoms with Crippen LogP contribution in [-0.2, 0) is 4.79 Å². The molecule has 0 fully saturated rings. The van der Waals surface area contributed by atoms with E-state index in [1.807, 2.05) is 49.4 Å². The molecule has 122 valence electrons. The number of para-hydroxylation sites is 1. The second kappa shape index (κ2) is 6.58. The van der Waals surface area contributed by atoms with E-state index in [9.17, 15) is 4.79 Å². The van der Waals surface area contributed by atoms with Gasteiger partial charge in [0.15, 0.2) is 0 Å².